The van der Waals surface area contributed by atoms with Gasteiger partial charge in [-0.3, -0.25) is 14.7 Å². The highest BCUT2D eigenvalue weighted by molar-refractivity contribution is 7.99. The van der Waals surface area contributed by atoms with E-state index in [0.29, 0.717) is 5.75 Å². The first-order valence-corrected chi connectivity index (χ1v) is 9.69. The first kappa shape index (κ1) is 19.5. The number of aliphatic hydroxyl groups excluding tert-OH is 2. The Morgan fingerprint density at radius 3 is 2.69 bits per heavy atom. The lowest BCUT2D eigenvalue weighted by Crippen LogP contribution is -2.41. The standard InChI is InChI=1S/C17H17N5O6S/c23-11-12(24)16(21-8-20-10-14(21)18-7-19-15(10)25)28-13(11)17(22(26)27)29-6-9-4-2-1-3-5-9/h1-5,7-8,11-13,16-17,23-24H,6H2,(H,18,19,25)/t11-,12+,13-,16+,17?/m0/s1. The van der Waals surface area contributed by atoms with E-state index < -0.39 is 34.8 Å². The van der Waals surface area contributed by atoms with Crippen LogP contribution in [-0.2, 0) is 10.5 Å². The van der Waals surface area contributed by atoms with Crippen LogP contribution in [0.3, 0.4) is 0 Å². The molecule has 3 aromatic rings. The third-order valence-corrected chi connectivity index (χ3v) is 5.92. The molecule has 0 bridgehead atoms. The summed E-state index contributed by atoms with van der Waals surface area (Å²) in [6.45, 7) is 0. The molecule has 0 amide bonds. The summed E-state index contributed by atoms with van der Waals surface area (Å²) in [5.41, 5.74) is 1.15. The van der Waals surface area contributed by atoms with E-state index in [1.165, 1.54) is 10.9 Å². The molecule has 152 valence electrons. The molecule has 0 aliphatic carbocycles. The molecule has 1 saturated heterocycles. The molecular weight excluding hydrogens is 402 g/mol. The van der Waals surface area contributed by atoms with Crippen LogP contribution in [0.2, 0.25) is 0 Å². The highest BCUT2D eigenvalue weighted by atomic mass is 32.2. The summed E-state index contributed by atoms with van der Waals surface area (Å²) < 4.78 is 7.02. The van der Waals surface area contributed by atoms with Crippen LogP contribution in [0.15, 0.2) is 43.0 Å². The van der Waals surface area contributed by atoms with E-state index >= 15 is 0 Å². The van der Waals surface area contributed by atoms with Crippen LogP contribution in [0.5, 0.6) is 5.88 Å². The topological polar surface area (TPSA) is 157 Å². The third kappa shape index (κ3) is 3.62. The minimum absolute atomic E-state index is 0.0884. The Bertz CT molecular complexity index is 1020. The maximum atomic E-state index is 11.6. The lowest BCUT2D eigenvalue weighted by molar-refractivity contribution is -0.509. The van der Waals surface area contributed by atoms with E-state index in [1.54, 1.807) is 0 Å². The molecule has 3 N–H and O–H groups in total. The summed E-state index contributed by atoms with van der Waals surface area (Å²) in [5, 5.41) is 41.1. The molecule has 11 nitrogen and oxygen atoms in total. The Hall–Kier alpha value is -2.80. The van der Waals surface area contributed by atoms with Crippen molar-refractivity contribution in [2.75, 3.05) is 0 Å². The lowest BCUT2D eigenvalue weighted by atomic mass is 10.1. The Morgan fingerprint density at radius 1 is 1.21 bits per heavy atom. The number of benzene rings is 1. The minimum atomic E-state index is -1.49. The summed E-state index contributed by atoms with van der Waals surface area (Å²) in [7, 11) is 0. The van der Waals surface area contributed by atoms with Crippen molar-refractivity contribution in [2.24, 2.45) is 0 Å². The number of nitrogens with zero attached hydrogens (tertiary/aromatic N) is 5. The van der Waals surface area contributed by atoms with Crippen molar-refractivity contribution in [2.45, 2.75) is 35.7 Å². The molecule has 0 saturated carbocycles. The highest BCUT2D eigenvalue weighted by Crippen LogP contribution is 2.37. The molecule has 12 heteroatoms. The van der Waals surface area contributed by atoms with Crippen LogP contribution in [0, 0.1) is 10.1 Å². The van der Waals surface area contributed by atoms with E-state index in [1.807, 2.05) is 30.3 Å². The maximum absolute atomic E-state index is 11.6. The van der Waals surface area contributed by atoms with Crippen molar-refractivity contribution >= 4 is 22.9 Å². The predicted octanol–water partition coefficient (Wildman–Crippen LogP) is 0.687. The molecule has 4 rings (SSSR count). The first-order chi connectivity index (χ1) is 14.0. The van der Waals surface area contributed by atoms with Crippen LogP contribution >= 0.6 is 11.8 Å². The molecule has 5 atom stereocenters. The summed E-state index contributed by atoms with van der Waals surface area (Å²) in [5.74, 6) is -0.00510. The van der Waals surface area contributed by atoms with Crippen molar-refractivity contribution in [3.63, 3.8) is 0 Å². The third-order valence-electron chi connectivity index (χ3n) is 4.64. The Balaban J connectivity index is 1.57. The lowest BCUT2D eigenvalue weighted by Gasteiger charge is -2.18. The summed E-state index contributed by atoms with van der Waals surface area (Å²) in [4.78, 5) is 22.7. The fourth-order valence-electron chi connectivity index (χ4n) is 3.21. The van der Waals surface area contributed by atoms with Gasteiger partial charge in [-0.05, 0) is 5.56 Å². The van der Waals surface area contributed by atoms with Crippen LogP contribution in [-0.4, -0.2) is 63.4 Å². The molecule has 29 heavy (non-hydrogen) atoms. The zero-order valence-corrected chi connectivity index (χ0v) is 15.7. The van der Waals surface area contributed by atoms with Crippen molar-refractivity contribution in [1.82, 2.24) is 19.5 Å². The SMILES string of the molecule is O=[N+]([O-])C(SCc1ccccc1)[C@H]1O[C@@H](n2cnc3c(O)ncnc32)[C@H](O)[C@@H]1O. The number of aromatic hydroxyl groups is 1. The first-order valence-electron chi connectivity index (χ1n) is 8.64. The smallest absolute Gasteiger partial charge is 0.287 e. The van der Waals surface area contributed by atoms with Crippen LogP contribution in [0.1, 0.15) is 11.8 Å². The average molecular weight is 419 g/mol. The number of nitro groups is 1. The van der Waals surface area contributed by atoms with Gasteiger partial charge < -0.3 is 20.1 Å². The van der Waals surface area contributed by atoms with Gasteiger partial charge in [0, 0.05) is 10.7 Å². The number of aromatic nitrogens is 4. The quantitative estimate of drug-likeness (QED) is 0.295. The fraction of sp³-hybridized carbons (Fsp3) is 0.353. The molecule has 1 fully saturated rings. The normalized spacial score (nSPS) is 25.3. The minimum Gasteiger partial charge on any atom is -0.492 e. The van der Waals surface area contributed by atoms with E-state index in [9.17, 15) is 25.4 Å². The van der Waals surface area contributed by atoms with Crippen molar-refractivity contribution < 1.29 is 25.0 Å². The van der Waals surface area contributed by atoms with Crippen LogP contribution in [0.25, 0.3) is 11.2 Å². The zero-order valence-electron chi connectivity index (χ0n) is 14.8. The molecule has 1 aliphatic rings. The van der Waals surface area contributed by atoms with Crippen LogP contribution in [0.4, 0.5) is 0 Å². The van der Waals surface area contributed by atoms with E-state index in [-0.39, 0.29) is 17.0 Å². The van der Waals surface area contributed by atoms with Gasteiger partial charge in [-0.2, -0.15) is 4.98 Å². The van der Waals surface area contributed by atoms with Gasteiger partial charge in [-0.25, -0.2) is 9.97 Å². The van der Waals surface area contributed by atoms with Gasteiger partial charge in [0.15, 0.2) is 23.5 Å². The highest BCUT2D eigenvalue weighted by Gasteiger charge is 2.52. The number of imidazole rings is 1. The Kier molecular flexibility index (Phi) is 5.32. The van der Waals surface area contributed by atoms with Gasteiger partial charge in [0.05, 0.1) is 6.33 Å². The average Bonchev–Trinajstić information content (AvgIpc) is 3.26. The predicted molar refractivity (Wildman–Crippen MR) is 101 cm³/mol. The van der Waals surface area contributed by atoms with Gasteiger partial charge in [-0.1, -0.05) is 42.1 Å². The molecule has 0 spiro atoms. The number of thioether (sulfide) groups is 1. The number of fused-ring (bicyclic) bond motifs is 1. The molecular formula is C17H17N5O6S. The number of ether oxygens (including phenoxy) is 1. The number of hydrogen-bond donors (Lipinski definition) is 3. The van der Waals surface area contributed by atoms with Gasteiger partial charge in [0.25, 0.3) is 5.37 Å². The molecule has 0 radical (unpaired) electrons. The molecule has 1 aliphatic heterocycles. The summed E-state index contributed by atoms with van der Waals surface area (Å²) in [6, 6.07) is 9.20. The van der Waals surface area contributed by atoms with Crippen molar-refractivity contribution in [1.29, 1.82) is 0 Å². The Labute approximate surface area is 168 Å². The number of rotatable bonds is 6. The number of aliphatic hydroxyl groups is 2. The van der Waals surface area contributed by atoms with Crippen molar-refractivity contribution in [3.05, 3.63) is 58.7 Å². The molecule has 3 heterocycles. The van der Waals surface area contributed by atoms with E-state index in [2.05, 4.69) is 15.0 Å². The van der Waals surface area contributed by atoms with Crippen molar-refractivity contribution in [3.8, 4) is 5.88 Å². The van der Waals surface area contributed by atoms with Gasteiger partial charge in [-0.15, -0.1) is 0 Å². The second-order valence-corrected chi connectivity index (χ2v) is 7.57. The fourth-order valence-corrected chi connectivity index (χ4v) is 4.30. The van der Waals surface area contributed by atoms with E-state index in [4.69, 9.17) is 4.74 Å². The maximum Gasteiger partial charge on any atom is 0.287 e. The largest absolute Gasteiger partial charge is 0.492 e. The molecule has 1 aromatic carbocycles. The number of hydrogen-bond acceptors (Lipinski definition) is 10. The Morgan fingerprint density at radius 2 is 1.97 bits per heavy atom. The molecule has 2 aromatic heterocycles. The van der Waals surface area contributed by atoms with Gasteiger partial charge in [0.2, 0.25) is 5.88 Å². The van der Waals surface area contributed by atoms with Gasteiger partial charge in [0.1, 0.15) is 18.5 Å². The molecule has 1 unspecified atom stereocenters. The zero-order chi connectivity index (χ0) is 20.5. The van der Waals surface area contributed by atoms with Gasteiger partial charge >= 0.3 is 0 Å². The summed E-state index contributed by atoms with van der Waals surface area (Å²) >= 11 is 1.01. The second kappa shape index (κ2) is 7.91. The van der Waals surface area contributed by atoms with Crippen LogP contribution < -0.4 is 0 Å². The second-order valence-electron chi connectivity index (χ2n) is 6.47. The van der Waals surface area contributed by atoms with E-state index in [0.717, 1.165) is 23.7 Å². The summed E-state index contributed by atoms with van der Waals surface area (Å²) in [6.07, 6.45) is -2.98. The monoisotopic (exact) mass is 419 g/mol.